The van der Waals surface area contributed by atoms with Crippen molar-refractivity contribution >= 4 is 11.8 Å². The summed E-state index contributed by atoms with van der Waals surface area (Å²) >= 11 is 0. The van der Waals surface area contributed by atoms with E-state index in [1.807, 2.05) is 0 Å². The van der Waals surface area contributed by atoms with Crippen LogP contribution in [0.15, 0.2) is 0 Å². The zero-order valence-electron chi connectivity index (χ0n) is 12.8. The number of carbonyl (C=O) groups excluding carboxylic acids is 2. The van der Waals surface area contributed by atoms with E-state index in [9.17, 15) is 9.59 Å². The summed E-state index contributed by atoms with van der Waals surface area (Å²) in [5.41, 5.74) is -0.0187. The zero-order chi connectivity index (χ0) is 14.3. The molecule has 20 heavy (non-hydrogen) atoms. The molecule has 2 aliphatic carbocycles. The Hall–Kier alpha value is -0.860. The van der Waals surface area contributed by atoms with Gasteiger partial charge in [0.1, 0.15) is 0 Å². The van der Waals surface area contributed by atoms with Crippen molar-refractivity contribution in [2.45, 2.75) is 65.2 Å². The van der Waals surface area contributed by atoms with Gasteiger partial charge in [0, 0.05) is 12.3 Å². The number of nitrogens with one attached hydrogen (secondary N) is 1. The Morgan fingerprint density at radius 1 is 1.20 bits per heavy atom. The lowest BCUT2D eigenvalue weighted by Crippen LogP contribution is -2.54. The molecule has 3 atom stereocenters. The van der Waals surface area contributed by atoms with Crippen molar-refractivity contribution < 1.29 is 9.59 Å². The number of imide groups is 1. The maximum Gasteiger partial charge on any atom is 0.230 e. The Morgan fingerprint density at radius 2 is 1.95 bits per heavy atom. The highest BCUT2D eigenvalue weighted by molar-refractivity contribution is 5.99. The highest BCUT2D eigenvalue weighted by Gasteiger charge is 2.52. The van der Waals surface area contributed by atoms with Crippen LogP contribution >= 0.6 is 0 Å². The summed E-state index contributed by atoms with van der Waals surface area (Å²) in [6.07, 6.45) is 8.97. The van der Waals surface area contributed by atoms with E-state index in [0.717, 1.165) is 31.1 Å². The average molecular weight is 277 g/mol. The van der Waals surface area contributed by atoms with Crippen LogP contribution < -0.4 is 5.32 Å². The van der Waals surface area contributed by atoms with Crippen LogP contribution in [-0.2, 0) is 9.59 Å². The van der Waals surface area contributed by atoms with E-state index in [1.165, 1.54) is 25.7 Å². The van der Waals surface area contributed by atoms with Crippen LogP contribution in [0.3, 0.4) is 0 Å². The monoisotopic (exact) mass is 277 g/mol. The number of piperidine rings is 1. The predicted molar refractivity (Wildman–Crippen MR) is 77.8 cm³/mol. The second-order valence-electron chi connectivity index (χ2n) is 7.83. The van der Waals surface area contributed by atoms with Gasteiger partial charge in [0.2, 0.25) is 11.8 Å². The second kappa shape index (κ2) is 5.16. The van der Waals surface area contributed by atoms with Gasteiger partial charge in [0.15, 0.2) is 0 Å². The van der Waals surface area contributed by atoms with Crippen molar-refractivity contribution in [3.8, 4) is 0 Å². The van der Waals surface area contributed by atoms with Gasteiger partial charge in [-0.3, -0.25) is 14.9 Å². The van der Waals surface area contributed by atoms with Crippen LogP contribution in [0.5, 0.6) is 0 Å². The van der Waals surface area contributed by atoms with E-state index >= 15 is 0 Å². The summed E-state index contributed by atoms with van der Waals surface area (Å²) < 4.78 is 0. The highest BCUT2D eigenvalue weighted by atomic mass is 16.2. The van der Waals surface area contributed by atoms with Gasteiger partial charge >= 0.3 is 0 Å². The SMILES string of the molecule is CC(C)CC1C(=O)NC(=O)CC12CCCC(C1CC1)C2. The summed E-state index contributed by atoms with van der Waals surface area (Å²) in [5, 5.41) is 2.59. The molecule has 3 rings (SSSR count). The van der Waals surface area contributed by atoms with Crippen molar-refractivity contribution in [3.05, 3.63) is 0 Å². The molecule has 0 aromatic carbocycles. The summed E-state index contributed by atoms with van der Waals surface area (Å²) in [6, 6.07) is 0. The molecule has 1 heterocycles. The van der Waals surface area contributed by atoms with Gasteiger partial charge in [-0.25, -0.2) is 0 Å². The molecule has 1 spiro atoms. The number of carbonyl (C=O) groups is 2. The van der Waals surface area contributed by atoms with Crippen molar-refractivity contribution in [3.63, 3.8) is 0 Å². The molecule has 2 amide bonds. The molecule has 112 valence electrons. The zero-order valence-corrected chi connectivity index (χ0v) is 12.8. The summed E-state index contributed by atoms with van der Waals surface area (Å²) in [4.78, 5) is 24.3. The molecule has 1 aliphatic heterocycles. The Kier molecular flexibility index (Phi) is 3.64. The number of rotatable bonds is 3. The molecular formula is C17H27NO2. The summed E-state index contributed by atoms with van der Waals surface area (Å²) in [7, 11) is 0. The van der Waals surface area contributed by atoms with Crippen molar-refractivity contribution in [2.75, 3.05) is 0 Å². The number of hydrogen-bond acceptors (Lipinski definition) is 2. The average Bonchev–Trinajstić information content (AvgIpc) is 3.18. The fourth-order valence-corrected chi connectivity index (χ4v) is 4.71. The first kappa shape index (κ1) is 14.1. The normalized spacial score (nSPS) is 38.4. The fraction of sp³-hybridized carbons (Fsp3) is 0.882. The predicted octanol–water partition coefficient (Wildman–Crippen LogP) is 3.28. The second-order valence-corrected chi connectivity index (χ2v) is 7.83. The maximum atomic E-state index is 12.4. The third-order valence-electron chi connectivity index (χ3n) is 5.75. The van der Waals surface area contributed by atoms with E-state index in [-0.39, 0.29) is 23.1 Å². The first-order chi connectivity index (χ1) is 9.50. The van der Waals surface area contributed by atoms with Crippen LogP contribution in [0.1, 0.15) is 65.2 Å². The van der Waals surface area contributed by atoms with E-state index in [2.05, 4.69) is 19.2 Å². The molecule has 1 saturated heterocycles. The van der Waals surface area contributed by atoms with Crippen molar-refractivity contribution in [2.24, 2.45) is 29.1 Å². The van der Waals surface area contributed by atoms with E-state index in [0.29, 0.717) is 12.3 Å². The highest BCUT2D eigenvalue weighted by Crippen LogP contribution is 2.55. The molecule has 3 fully saturated rings. The van der Waals surface area contributed by atoms with Gasteiger partial charge in [-0.05, 0) is 55.3 Å². The van der Waals surface area contributed by atoms with Gasteiger partial charge in [0.05, 0.1) is 0 Å². The van der Waals surface area contributed by atoms with Crippen LogP contribution in [0.2, 0.25) is 0 Å². The largest absolute Gasteiger partial charge is 0.296 e. The van der Waals surface area contributed by atoms with Gasteiger partial charge < -0.3 is 0 Å². The first-order valence-corrected chi connectivity index (χ1v) is 8.34. The minimum absolute atomic E-state index is 0.00592. The van der Waals surface area contributed by atoms with Gasteiger partial charge in [-0.1, -0.05) is 26.7 Å². The fourth-order valence-electron chi connectivity index (χ4n) is 4.71. The molecule has 0 aromatic heterocycles. The molecule has 2 saturated carbocycles. The Balaban J connectivity index is 1.84. The van der Waals surface area contributed by atoms with Crippen LogP contribution in [0.25, 0.3) is 0 Å². The summed E-state index contributed by atoms with van der Waals surface area (Å²) in [5.74, 6) is 2.21. The van der Waals surface area contributed by atoms with E-state index in [4.69, 9.17) is 0 Å². The van der Waals surface area contributed by atoms with Crippen LogP contribution in [-0.4, -0.2) is 11.8 Å². The molecule has 0 radical (unpaired) electrons. The third kappa shape index (κ3) is 2.64. The van der Waals surface area contributed by atoms with E-state index < -0.39 is 0 Å². The van der Waals surface area contributed by atoms with E-state index in [1.54, 1.807) is 0 Å². The molecule has 3 unspecified atom stereocenters. The van der Waals surface area contributed by atoms with Gasteiger partial charge in [-0.2, -0.15) is 0 Å². The Morgan fingerprint density at radius 3 is 2.60 bits per heavy atom. The third-order valence-corrected chi connectivity index (χ3v) is 5.75. The minimum atomic E-state index is -0.0357. The quantitative estimate of drug-likeness (QED) is 0.805. The summed E-state index contributed by atoms with van der Waals surface area (Å²) in [6.45, 7) is 4.36. The lowest BCUT2D eigenvalue weighted by molar-refractivity contribution is -0.147. The Labute approximate surface area is 121 Å². The first-order valence-electron chi connectivity index (χ1n) is 8.34. The molecule has 0 aromatic rings. The smallest absolute Gasteiger partial charge is 0.230 e. The topological polar surface area (TPSA) is 46.2 Å². The number of hydrogen-bond donors (Lipinski definition) is 1. The van der Waals surface area contributed by atoms with Gasteiger partial charge in [0.25, 0.3) is 0 Å². The van der Waals surface area contributed by atoms with Crippen LogP contribution in [0, 0.1) is 29.1 Å². The molecule has 3 aliphatic rings. The molecule has 3 heteroatoms. The Bertz CT molecular complexity index is 413. The number of amides is 2. The molecule has 0 bridgehead atoms. The van der Waals surface area contributed by atoms with Gasteiger partial charge in [-0.15, -0.1) is 0 Å². The van der Waals surface area contributed by atoms with Crippen LogP contribution in [0.4, 0.5) is 0 Å². The standard InChI is InChI=1S/C17H27NO2/c1-11(2)8-14-16(20)18-15(19)10-17(14)7-3-4-13(9-17)12-5-6-12/h11-14H,3-10H2,1-2H3,(H,18,19,20). The molecule has 3 nitrogen and oxygen atoms in total. The molecular weight excluding hydrogens is 250 g/mol. The molecule has 1 N–H and O–H groups in total. The lowest BCUT2D eigenvalue weighted by Gasteiger charge is -2.48. The maximum absolute atomic E-state index is 12.4. The lowest BCUT2D eigenvalue weighted by atomic mass is 9.57. The minimum Gasteiger partial charge on any atom is -0.296 e. The van der Waals surface area contributed by atoms with Crippen molar-refractivity contribution in [1.82, 2.24) is 5.32 Å². The van der Waals surface area contributed by atoms with Crippen molar-refractivity contribution in [1.29, 1.82) is 0 Å².